The first-order valence-corrected chi connectivity index (χ1v) is 9.89. The van der Waals surface area contributed by atoms with Crippen molar-refractivity contribution < 1.29 is 18.3 Å². The van der Waals surface area contributed by atoms with Crippen LogP contribution in [0.25, 0.3) is 0 Å². The molecule has 28 heavy (non-hydrogen) atoms. The van der Waals surface area contributed by atoms with E-state index < -0.39 is 16.1 Å². The Morgan fingerprint density at radius 2 is 1.86 bits per heavy atom. The topological polar surface area (TPSA) is 106 Å². The van der Waals surface area contributed by atoms with Crippen LogP contribution in [0.3, 0.4) is 0 Å². The molecule has 0 aliphatic carbocycles. The minimum atomic E-state index is -4.06. The highest BCUT2D eigenvalue weighted by Gasteiger charge is 2.31. The van der Waals surface area contributed by atoms with Crippen LogP contribution < -0.4 is 9.04 Å². The number of benzene rings is 1. The van der Waals surface area contributed by atoms with E-state index in [0.717, 1.165) is 4.31 Å². The number of nitrogens with zero attached hydrogens (tertiary/aromatic N) is 4. The van der Waals surface area contributed by atoms with Gasteiger partial charge in [-0.25, -0.2) is 22.7 Å². The third-order valence-corrected chi connectivity index (χ3v) is 5.71. The van der Waals surface area contributed by atoms with Crippen LogP contribution in [0, 0.1) is 6.92 Å². The molecule has 1 atom stereocenters. The summed E-state index contributed by atoms with van der Waals surface area (Å²) < 4.78 is 33.2. The van der Waals surface area contributed by atoms with Gasteiger partial charge in [0.15, 0.2) is 0 Å². The van der Waals surface area contributed by atoms with Crippen LogP contribution in [0.15, 0.2) is 59.9 Å². The van der Waals surface area contributed by atoms with Crippen molar-refractivity contribution in [1.82, 2.24) is 15.0 Å². The molecule has 0 amide bonds. The molecule has 0 spiro atoms. The minimum absolute atomic E-state index is 0.000897. The summed E-state index contributed by atoms with van der Waals surface area (Å²) in [6.45, 7) is 3.37. The molecule has 1 aromatic carbocycles. The number of aromatic nitrogens is 3. The average molecular weight is 400 g/mol. The third-order valence-electron chi connectivity index (χ3n) is 4.01. The summed E-state index contributed by atoms with van der Waals surface area (Å²) in [6, 6.07) is 9.49. The number of methoxy groups -OCH3 is 1. The van der Waals surface area contributed by atoms with Crippen LogP contribution >= 0.6 is 0 Å². The van der Waals surface area contributed by atoms with Crippen LogP contribution in [-0.4, -0.2) is 35.6 Å². The molecule has 0 saturated carbocycles. The van der Waals surface area contributed by atoms with Crippen LogP contribution in [0.4, 0.5) is 11.5 Å². The lowest BCUT2D eigenvalue weighted by atomic mass is 10.1. The Kier molecular flexibility index (Phi) is 5.57. The molecule has 9 heteroatoms. The molecular formula is C19H20N4O4S. The van der Waals surface area contributed by atoms with Crippen LogP contribution in [0.2, 0.25) is 0 Å². The minimum Gasteiger partial charge on any atom is -0.478 e. The van der Waals surface area contributed by atoms with Gasteiger partial charge >= 0.3 is 0 Å². The molecule has 0 radical (unpaired) electrons. The van der Waals surface area contributed by atoms with Crippen LogP contribution in [0.5, 0.6) is 5.88 Å². The maximum absolute atomic E-state index is 13.4. The number of anilines is 2. The number of pyridine rings is 1. The van der Waals surface area contributed by atoms with E-state index in [4.69, 9.17) is 4.74 Å². The molecule has 8 nitrogen and oxygen atoms in total. The molecule has 2 aromatic heterocycles. The molecule has 1 unspecified atom stereocenters. The summed E-state index contributed by atoms with van der Waals surface area (Å²) in [5, 5.41) is 9.74. The van der Waals surface area contributed by atoms with Gasteiger partial charge in [0.2, 0.25) is 5.82 Å². The van der Waals surface area contributed by atoms with E-state index in [2.05, 4.69) is 15.0 Å². The highest BCUT2D eigenvalue weighted by atomic mass is 32.2. The molecule has 146 valence electrons. The van der Waals surface area contributed by atoms with Gasteiger partial charge in [-0.1, -0.05) is 12.1 Å². The fraction of sp³-hybridized carbons (Fsp3) is 0.211. The Hall–Kier alpha value is -3.04. The second-order valence-electron chi connectivity index (χ2n) is 6.07. The summed E-state index contributed by atoms with van der Waals surface area (Å²) in [6.07, 6.45) is 3.55. The fourth-order valence-corrected chi connectivity index (χ4v) is 4.00. The van der Waals surface area contributed by atoms with Crippen molar-refractivity contribution in [3.63, 3.8) is 0 Å². The molecule has 0 saturated heterocycles. The number of hydrogen-bond acceptors (Lipinski definition) is 7. The normalized spacial score (nSPS) is 12.4. The smallest absolute Gasteiger partial charge is 0.271 e. The van der Waals surface area contributed by atoms with Crippen molar-refractivity contribution in [2.45, 2.75) is 24.8 Å². The molecule has 0 fully saturated rings. The Morgan fingerprint density at radius 3 is 2.43 bits per heavy atom. The van der Waals surface area contributed by atoms with Gasteiger partial charge in [-0.15, -0.1) is 0 Å². The summed E-state index contributed by atoms with van der Waals surface area (Å²) in [5.74, 6) is 0.105. The van der Waals surface area contributed by atoms with Gasteiger partial charge in [-0.2, -0.15) is 0 Å². The maximum atomic E-state index is 13.4. The van der Waals surface area contributed by atoms with Gasteiger partial charge in [0.1, 0.15) is 4.90 Å². The standard InChI is InChI=1S/C19H20N4O4S/c1-13-11-21-18(19(22-13)27-3)23(16-8-6-15(7-9-16)14(2)24)28(25,26)17-5-4-10-20-12-17/h4-12,14,24H,1-3H3. The quantitative estimate of drug-likeness (QED) is 0.678. The Bertz CT molecular complexity index is 1060. The summed E-state index contributed by atoms with van der Waals surface area (Å²) >= 11 is 0. The predicted octanol–water partition coefficient (Wildman–Crippen LogP) is 2.77. The number of rotatable bonds is 6. The Balaban J connectivity index is 2.23. The van der Waals surface area contributed by atoms with Gasteiger partial charge in [-0.3, -0.25) is 4.98 Å². The van der Waals surface area contributed by atoms with E-state index in [1.165, 1.54) is 31.8 Å². The molecule has 0 aliphatic heterocycles. The second kappa shape index (κ2) is 7.91. The molecule has 3 aromatic rings. The highest BCUT2D eigenvalue weighted by Crippen LogP contribution is 2.36. The van der Waals surface area contributed by atoms with E-state index in [1.807, 2.05) is 0 Å². The lowest BCUT2D eigenvalue weighted by Gasteiger charge is -2.24. The lowest BCUT2D eigenvalue weighted by Crippen LogP contribution is -2.28. The largest absolute Gasteiger partial charge is 0.478 e. The van der Waals surface area contributed by atoms with E-state index in [0.29, 0.717) is 16.9 Å². The lowest BCUT2D eigenvalue weighted by molar-refractivity contribution is 0.199. The molecule has 0 bridgehead atoms. The molecule has 0 aliphatic rings. The van der Waals surface area contributed by atoms with Gasteiger partial charge in [0.05, 0.1) is 30.8 Å². The summed E-state index contributed by atoms with van der Waals surface area (Å²) in [7, 11) is -2.66. The number of aryl methyl sites for hydroxylation is 1. The summed E-state index contributed by atoms with van der Waals surface area (Å²) in [4.78, 5) is 12.4. The van der Waals surface area contributed by atoms with Gasteiger partial charge in [0.25, 0.3) is 15.9 Å². The van der Waals surface area contributed by atoms with Crippen LogP contribution in [0.1, 0.15) is 24.3 Å². The number of aliphatic hydroxyl groups excluding tert-OH is 1. The monoisotopic (exact) mass is 400 g/mol. The zero-order chi connectivity index (χ0) is 20.3. The van der Waals surface area contributed by atoms with E-state index in [9.17, 15) is 13.5 Å². The zero-order valence-electron chi connectivity index (χ0n) is 15.6. The van der Waals surface area contributed by atoms with E-state index in [1.54, 1.807) is 44.2 Å². The zero-order valence-corrected chi connectivity index (χ0v) is 16.5. The third kappa shape index (κ3) is 3.80. The first kappa shape index (κ1) is 19.7. The van der Waals surface area contributed by atoms with Crippen molar-refractivity contribution >= 4 is 21.5 Å². The maximum Gasteiger partial charge on any atom is 0.271 e. The second-order valence-corrected chi connectivity index (χ2v) is 7.86. The van der Waals surface area contributed by atoms with Gasteiger partial charge < -0.3 is 9.84 Å². The number of aliphatic hydroxyl groups is 1. The van der Waals surface area contributed by atoms with Gasteiger partial charge in [0, 0.05) is 12.4 Å². The van der Waals surface area contributed by atoms with E-state index >= 15 is 0 Å². The number of hydrogen-bond donors (Lipinski definition) is 1. The molecule has 1 N–H and O–H groups in total. The highest BCUT2D eigenvalue weighted by molar-refractivity contribution is 7.93. The first-order chi connectivity index (χ1) is 13.3. The molecule has 3 rings (SSSR count). The van der Waals surface area contributed by atoms with Crippen molar-refractivity contribution in [1.29, 1.82) is 0 Å². The van der Waals surface area contributed by atoms with E-state index in [-0.39, 0.29) is 16.6 Å². The SMILES string of the molecule is COc1nc(C)cnc1N(c1ccc(C(C)O)cc1)S(=O)(=O)c1cccnc1. The van der Waals surface area contributed by atoms with Crippen molar-refractivity contribution in [3.05, 3.63) is 66.2 Å². The van der Waals surface area contributed by atoms with Crippen LogP contribution in [-0.2, 0) is 10.0 Å². The predicted molar refractivity (Wildman–Crippen MR) is 104 cm³/mol. The Morgan fingerprint density at radius 1 is 1.14 bits per heavy atom. The average Bonchev–Trinajstić information content (AvgIpc) is 2.70. The molecule has 2 heterocycles. The van der Waals surface area contributed by atoms with Crippen molar-refractivity contribution in [3.8, 4) is 5.88 Å². The number of ether oxygens (including phenoxy) is 1. The van der Waals surface area contributed by atoms with Crippen molar-refractivity contribution in [2.24, 2.45) is 0 Å². The first-order valence-electron chi connectivity index (χ1n) is 8.45. The number of sulfonamides is 1. The Labute approximate surface area is 163 Å². The fourth-order valence-electron chi connectivity index (χ4n) is 2.59. The van der Waals surface area contributed by atoms with Crippen molar-refractivity contribution in [2.75, 3.05) is 11.4 Å². The van der Waals surface area contributed by atoms with Gasteiger partial charge in [-0.05, 0) is 43.7 Å². The molecular weight excluding hydrogens is 380 g/mol. The summed E-state index contributed by atoms with van der Waals surface area (Å²) in [5.41, 5.74) is 1.57.